The maximum absolute atomic E-state index is 6.62. The first-order chi connectivity index (χ1) is 26.8. The Balaban J connectivity index is 1.07. The largest absolute Gasteiger partial charge is 0.455 e. The second kappa shape index (κ2) is 11.3. The number of benzene rings is 8. The third-order valence-corrected chi connectivity index (χ3v) is 12.0. The van der Waals surface area contributed by atoms with E-state index < -0.39 is 0 Å². The van der Waals surface area contributed by atoms with Crippen molar-refractivity contribution in [2.45, 2.75) is 0 Å². The number of hydrogen-bond donors (Lipinski definition) is 0. The van der Waals surface area contributed by atoms with Crippen LogP contribution in [0, 0.1) is 0 Å². The van der Waals surface area contributed by atoms with Crippen molar-refractivity contribution >= 4 is 114 Å². The predicted octanol–water partition coefficient (Wildman–Crippen LogP) is 14.7. The van der Waals surface area contributed by atoms with Gasteiger partial charge in [0, 0.05) is 74.8 Å². The molecule has 252 valence electrons. The molecule has 0 bridgehead atoms. The second-order valence-corrected chi connectivity index (χ2v) is 14.9. The van der Waals surface area contributed by atoms with E-state index >= 15 is 0 Å². The summed E-state index contributed by atoms with van der Waals surface area (Å²) in [5.41, 5.74) is 9.49. The predicted molar refractivity (Wildman–Crippen MR) is 227 cm³/mol. The van der Waals surface area contributed by atoms with Crippen molar-refractivity contribution in [3.8, 4) is 11.3 Å². The van der Waals surface area contributed by atoms with Crippen molar-refractivity contribution in [2.24, 2.45) is 0 Å². The zero-order chi connectivity index (χ0) is 35.3. The number of para-hydroxylation sites is 4. The number of pyridine rings is 1. The van der Waals surface area contributed by atoms with Gasteiger partial charge in [-0.3, -0.25) is 0 Å². The molecule has 4 nitrogen and oxygen atoms in total. The SMILES string of the molecule is c1ccc2c(c1)nc(-c1ccc(N(c3ccc4c(c3)sc3ccccc34)c3cccc4c3oc3ccccc34)cc1)c1ccc3c4ccccc4oc3c12. The molecule has 8 aromatic carbocycles. The fraction of sp³-hybridized carbons (Fsp3) is 0. The first kappa shape index (κ1) is 29.6. The molecule has 0 unspecified atom stereocenters. The maximum Gasteiger partial charge on any atom is 0.159 e. The van der Waals surface area contributed by atoms with Gasteiger partial charge in [0.1, 0.15) is 16.7 Å². The lowest BCUT2D eigenvalue weighted by Crippen LogP contribution is -2.10. The van der Waals surface area contributed by atoms with Crippen molar-refractivity contribution in [3.05, 3.63) is 170 Å². The van der Waals surface area contributed by atoms with Crippen molar-refractivity contribution in [2.75, 3.05) is 4.90 Å². The zero-order valence-corrected chi connectivity index (χ0v) is 29.6. The van der Waals surface area contributed by atoms with Gasteiger partial charge in [-0.05, 0) is 60.7 Å². The second-order valence-electron chi connectivity index (χ2n) is 13.9. The molecule has 0 saturated heterocycles. The lowest BCUT2D eigenvalue weighted by Gasteiger charge is -2.26. The molecular weight excluding hydrogens is 681 g/mol. The highest BCUT2D eigenvalue weighted by Crippen LogP contribution is 2.46. The van der Waals surface area contributed by atoms with E-state index in [2.05, 4.69) is 150 Å². The average Bonchev–Trinajstić information content (AvgIpc) is 3.92. The van der Waals surface area contributed by atoms with Crippen molar-refractivity contribution < 1.29 is 8.83 Å². The summed E-state index contributed by atoms with van der Waals surface area (Å²) in [5.74, 6) is 0. The molecule has 0 atom stereocenters. The summed E-state index contributed by atoms with van der Waals surface area (Å²) < 4.78 is 15.7. The molecule has 0 spiro atoms. The van der Waals surface area contributed by atoms with Crippen LogP contribution in [0.2, 0.25) is 0 Å². The highest BCUT2D eigenvalue weighted by molar-refractivity contribution is 7.25. The van der Waals surface area contributed by atoms with E-state index in [0.717, 1.165) is 93.9 Å². The number of furan rings is 2. The number of nitrogens with zero attached hydrogens (tertiary/aromatic N) is 2. The van der Waals surface area contributed by atoms with Gasteiger partial charge in [0.25, 0.3) is 0 Å². The van der Waals surface area contributed by atoms with E-state index in [9.17, 15) is 0 Å². The van der Waals surface area contributed by atoms with Crippen molar-refractivity contribution in [3.63, 3.8) is 0 Å². The van der Waals surface area contributed by atoms with Gasteiger partial charge >= 0.3 is 0 Å². The normalized spacial score (nSPS) is 12.1. The number of aromatic nitrogens is 1. The number of hydrogen-bond acceptors (Lipinski definition) is 5. The fourth-order valence-electron chi connectivity index (χ4n) is 8.39. The van der Waals surface area contributed by atoms with Crippen LogP contribution >= 0.6 is 11.3 Å². The Labute approximate surface area is 312 Å². The van der Waals surface area contributed by atoms with Crippen LogP contribution in [0.15, 0.2) is 179 Å². The molecule has 12 rings (SSSR count). The van der Waals surface area contributed by atoms with Gasteiger partial charge in [-0.2, -0.15) is 0 Å². The first-order valence-corrected chi connectivity index (χ1v) is 18.9. The molecular formula is C49H28N2O2S. The average molecular weight is 709 g/mol. The van der Waals surface area contributed by atoms with Gasteiger partial charge < -0.3 is 13.7 Å². The molecule has 0 fully saturated rings. The van der Waals surface area contributed by atoms with Gasteiger partial charge in [-0.15, -0.1) is 11.3 Å². The van der Waals surface area contributed by atoms with Crippen LogP contribution in [0.25, 0.3) is 97.0 Å². The van der Waals surface area contributed by atoms with E-state index in [-0.39, 0.29) is 0 Å². The molecule has 4 heterocycles. The summed E-state index contributed by atoms with van der Waals surface area (Å²) in [5, 5.41) is 10.2. The van der Waals surface area contributed by atoms with Gasteiger partial charge in [0.2, 0.25) is 0 Å². The van der Waals surface area contributed by atoms with E-state index in [4.69, 9.17) is 13.8 Å². The molecule has 0 radical (unpaired) electrons. The van der Waals surface area contributed by atoms with Gasteiger partial charge in [-0.1, -0.05) is 109 Å². The summed E-state index contributed by atoms with van der Waals surface area (Å²) in [6.45, 7) is 0. The van der Waals surface area contributed by atoms with Crippen molar-refractivity contribution in [1.82, 2.24) is 4.98 Å². The highest BCUT2D eigenvalue weighted by Gasteiger charge is 2.22. The third-order valence-electron chi connectivity index (χ3n) is 10.9. The Hall–Kier alpha value is -6.95. The molecule has 0 N–H and O–H groups in total. The molecule has 54 heavy (non-hydrogen) atoms. The summed E-state index contributed by atoms with van der Waals surface area (Å²) in [4.78, 5) is 7.60. The number of fused-ring (bicyclic) bond motifs is 13. The lowest BCUT2D eigenvalue weighted by molar-refractivity contribution is 0.669. The summed E-state index contributed by atoms with van der Waals surface area (Å²) in [7, 11) is 0. The minimum Gasteiger partial charge on any atom is -0.455 e. The molecule has 0 aliphatic rings. The minimum absolute atomic E-state index is 0.858. The smallest absolute Gasteiger partial charge is 0.159 e. The topological polar surface area (TPSA) is 42.4 Å². The number of anilines is 3. The van der Waals surface area contributed by atoms with Crippen LogP contribution in [-0.2, 0) is 0 Å². The summed E-state index contributed by atoms with van der Waals surface area (Å²) in [6, 6.07) is 60.0. The Morgan fingerprint density at radius 3 is 1.83 bits per heavy atom. The Morgan fingerprint density at radius 2 is 1.02 bits per heavy atom. The van der Waals surface area contributed by atoms with E-state index in [1.807, 2.05) is 35.6 Å². The number of thiophene rings is 1. The fourth-order valence-corrected chi connectivity index (χ4v) is 9.53. The van der Waals surface area contributed by atoms with Crippen LogP contribution in [0.3, 0.4) is 0 Å². The molecule has 0 amide bonds. The molecule has 0 aliphatic carbocycles. The Morgan fingerprint density at radius 1 is 0.426 bits per heavy atom. The first-order valence-electron chi connectivity index (χ1n) is 18.1. The van der Waals surface area contributed by atoms with E-state index in [1.165, 1.54) is 20.2 Å². The van der Waals surface area contributed by atoms with Crippen molar-refractivity contribution in [1.29, 1.82) is 0 Å². The standard InChI is InChI=1S/C49H28N2O2S/c1-5-15-40-38(13-1)46-39(27-26-37-33-11-3-7-18-43(33)53-49(37)46)47(50-40)29-20-22-30(23-21-29)51(31-24-25-35-34-12-4-8-19-44(34)54-45(35)28-31)41-16-9-14-36-32-10-2-6-17-42(32)52-48(36)41/h1-28H. The third kappa shape index (κ3) is 4.27. The highest BCUT2D eigenvalue weighted by atomic mass is 32.1. The molecule has 5 heteroatoms. The summed E-state index contributed by atoms with van der Waals surface area (Å²) >= 11 is 1.83. The maximum atomic E-state index is 6.62. The van der Waals surface area contributed by atoms with Crippen LogP contribution in [0.4, 0.5) is 17.1 Å². The Bertz CT molecular complexity index is 3460. The van der Waals surface area contributed by atoms with Crippen LogP contribution in [0.5, 0.6) is 0 Å². The molecule has 0 aliphatic heterocycles. The molecule has 0 saturated carbocycles. The lowest BCUT2D eigenvalue weighted by atomic mass is 9.97. The minimum atomic E-state index is 0.858. The summed E-state index contributed by atoms with van der Waals surface area (Å²) in [6.07, 6.45) is 0. The van der Waals surface area contributed by atoms with Crippen LogP contribution in [0.1, 0.15) is 0 Å². The van der Waals surface area contributed by atoms with Gasteiger partial charge in [0.05, 0.1) is 16.9 Å². The Kier molecular flexibility index (Phi) is 6.18. The molecule has 12 aromatic rings. The van der Waals surface area contributed by atoms with Crippen LogP contribution < -0.4 is 4.90 Å². The van der Waals surface area contributed by atoms with Gasteiger partial charge in [0.15, 0.2) is 5.58 Å². The van der Waals surface area contributed by atoms with Gasteiger partial charge in [-0.25, -0.2) is 4.98 Å². The van der Waals surface area contributed by atoms with Crippen LogP contribution in [-0.4, -0.2) is 4.98 Å². The quantitative estimate of drug-likeness (QED) is 0.171. The van der Waals surface area contributed by atoms with E-state index in [0.29, 0.717) is 0 Å². The molecule has 4 aromatic heterocycles. The zero-order valence-electron chi connectivity index (χ0n) is 28.8. The monoisotopic (exact) mass is 708 g/mol. The van der Waals surface area contributed by atoms with E-state index in [1.54, 1.807) is 0 Å². The number of rotatable bonds is 4.